The van der Waals surface area contributed by atoms with E-state index in [1.165, 1.54) is 89.9 Å². The van der Waals surface area contributed by atoms with Gasteiger partial charge in [-0.15, -0.1) is 0 Å². The van der Waals surface area contributed by atoms with Crippen LogP contribution in [0.2, 0.25) is 0 Å². The summed E-state index contributed by atoms with van der Waals surface area (Å²) in [6, 6.07) is 0. The van der Waals surface area contributed by atoms with Gasteiger partial charge in [0.2, 0.25) is 0 Å². The SMILES string of the molecule is CC1CCC[C@@H](C)CCO[C@H](CO[C@@H]2O[C@@H]([C@H](O)CO)[C@H](O)[C@H]2O)COCCCCCCCCCCCCCCCCOC[C@H](OP(=O)([O-])O)OCC[C@H](C)CCCC(C)CC1.[Na+]. The molecule has 2 aliphatic heterocycles. The first kappa shape index (κ1) is 61.7. The van der Waals surface area contributed by atoms with Gasteiger partial charge in [-0.05, 0) is 49.4 Å². The number of rotatable bonds is 7. The third kappa shape index (κ3) is 32.2. The molecule has 0 aromatic rings. The molecule has 0 radical (unpaired) electrons. The van der Waals surface area contributed by atoms with Crippen molar-refractivity contribution in [1.29, 1.82) is 0 Å². The maximum atomic E-state index is 11.4. The molecule has 2 rings (SSSR count). The minimum atomic E-state index is -4.94. The van der Waals surface area contributed by atoms with Gasteiger partial charge in [0.1, 0.15) is 30.5 Å². The summed E-state index contributed by atoms with van der Waals surface area (Å²) in [4.78, 5) is 20.7. The molecular formula is C47H92NaO14P. The Morgan fingerprint density at radius 3 is 1.49 bits per heavy atom. The van der Waals surface area contributed by atoms with Crippen LogP contribution in [0.1, 0.15) is 182 Å². The van der Waals surface area contributed by atoms with E-state index in [2.05, 4.69) is 27.7 Å². The van der Waals surface area contributed by atoms with E-state index < -0.39 is 51.4 Å². The number of aliphatic hydroxyl groups excluding tert-OH is 4. The van der Waals surface area contributed by atoms with E-state index in [9.17, 15) is 34.8 Å². The van der Waals surface area contributed by atoms with Crippen molar-refractivity contribution in [2.24, 2.45) is 23.7 Å². The Morgan fingerprint density at radius 2 is 1.03 bits per heavy atom. The van der Waals surface area contributed by atoms with Gasteiger partial charge in [-0.2, -0.15) is 0 Å². The first-order valence-electron chi connectivity index (χ1n) is 24.8. The Bertz CT molecular complexity index is 1090. The fourth-order valence-electron chi connectivity index (χ4n) is 8.37. The Hall–Kier alpha value is 0.710. The van der Waals surface area contributed by atoms with Crippen LogP contribution in [0.15, 0.2) is 0 Å². The zero-order valence-electron chi connectivity index (χ0n) is 40.3. The molecule has 2 fully saturated rings. The van der Waals surface area contributed by atoms with Crippen LogP contribution in [0.25, 0.3) is 0 Å². The van der Waals surface area contributed by atoms with Gasteiger partial charge in [0.05, 0.1) is 33.0 Å². The molecule has 0 spiro atoms. The molecule has 0 bridgehead atoms. The first-order chi connectivity index (χ1) is 29.8. The molecular weight excluding hydrogens is 842 g/mol. The second-order valence-electron chi connectivity index (χ2n) is 18.9. The molecule has 2 saturated heterocycles. The summed E-state index contributed by atoms with van der Waals surface area (Å²) in [5.74, 6) is 2.25. The van der Waals surface area contributed by atoms with Gasteiger partial charge in [0.25, 0.3) is 7.82 Å². The van der Waals surface area contributed by atoms with Crippen molar-refractivity contribution in [2.75, 3.05) is 52.9 Å². The van der Waals surface area contributed by atoms with Crippen molar-refractivity contribution in [3.05, 3.63) is 0 Å². The fourth-order valence-corrected chi connectivity index (χ4v) is 8.79. The van der Waals surface area contributed by atoms with Crippen LogP contribution in [0.4, 0.5) is 0 Å². The number of hydrogen-bond acceptors (Lipinski definition) is 13. The van der Waals surface area contributed by atoms with E-state index >= 15 is 0 Å². The van der Waals surface area contributed by atoms with E-state index in [0.29, 0.717) is 56.7 Å². The predicted octanol–water partition coefficient (Wildman–Crippen LogP) is 4.97. The molecule has 3 unspecified atom stereocenters. The molecule has 0 aromatic heterocycles. The van der Waals surface area contributed by atoms with Crippen LogP contribution in [0, 0.1) is 23.7 Å². The number of ether oxygens (including phenoxy) is 6. The normalized spacial score (nSPS) is 34.1. The van der Waals surface area contributed by atoms with Gasteiger partial charge in [-0.1, -0.05) is 156 Å². The van der Waals surface area contributed by atoms with E-state index in [4.69, 9.17) is 32.9 Å². The molecule has 14 nitrogen and oxygen atoms in total. The van der Waals surface area contributed by atoms with Crippen molar-refractivity contribution in [3.63, 3.8) is 0 Å². The predicted molar refractivity (Wildman–Crippen MR) is 239 cm³/mol. The summed E-state index contributed by atoms with van der Waals surface area (Å²) in [6.07, 6.45) is 19.6. The summed E-state index contributed by atoms with van der Waals surface area (Å²) < 4.78 is 51.3. The number of phosphoric ester groups is 1. The Labute approximate surface area is 404 Å². The maximum Gasteiger partial charge on any atom is 1.00 e. The largest absolute Gasteiger partial charge is 1.00 e. The number of hydrogen-bond donors (Lipinski definition) is 5. The van der Waals surface area contributed by atoms with E-state index in [1.54, 1.807) is 0 Å². The summed E-state index contributed by atoms with van der Waals surface area (Å²) in [5.41, 5.74) is 0. The minimum Gasteiger partial charge on any atom is -0.756 e. The molecule has 63 heavy (non-hydrogen) atoms. The second-order valence-corrected chi connectivity index (χ2v) is 20.1. The van der Waals surface area contributed by atoms with Gasteiger partial charge >= 0.3 is 29.6 Å². The van der Waals surface area contributed by atoms with Crippen LogP contribution in [0.5, 0.6) is 0 Å². The zero-order chi connectivity index (χ0) is 45.4. The topological polar surface area (TPSA) is 206 Å². The fraction of sp³-hybridized carbons (Fsp3) is 1.00. The van der Waals surface area contributed by atoms with Gasteiger partial charge in [0, 0.05) is 19.8 Å². The van der Waals surface area contributed by atoms with Gasteiger partial charge < -0.3 is 58.6 Å². The van der Waals surface area contributed by atoms with Gasteiger partial charge in [-0.25, -0.2) is 0 Å². The summed E-state index contributed by atoms with van der Waals surface area (Å²) in [6.45, 7) is 11.0. The van der Waals surface area contributed by atoms with Crippen molar-refractivity contribution < 1.29 is 97.3 Å². The Kier molecular flexibility index (Phi) is 37.8. The smallest absolute Gasteiger partial charge is 0.756 e. The Morgan fingerprint density at radius 1 is 0.603 bits per heavy atom. The van der Waals surface area contributed by atoms with Crippen molar-refractivity contribution in [1.82, 2.24) is 0 Å². The van der Waals surface area contributed by atoms with Crippen LogP contribution < -0.4 is 34.5 Å². The number of aliphatic hydroxyl groups is 4. The summed E-state index contributed by atoms with van der Waals surface area (Å²) in [5, 5.41) is 40.1. The molecule has 0 aliphatic carbocycles. The molecule has 16 heteroatoms. The third-order valence-corrected chi connectivity index (χ3v) is 13.2. The summed E-state index contributed by atoms with van der Waals surface area (Å²) in [7, 11) is -4.94. The molecule has 5 N–H and O–H groups in total. The van der Waals surface area contributed by atoms with Crippen molar-refractivity contribution in [2.45, 2.75) is 225 Å². The van der Waals surface area contributed by atoms with E-state index in [1.807, 2.05) is 0 Å². The quantitative estimate of drug-likeness (QED) is 0.169. The zero-order valence-corrected chi connectivity index (χ0v) is 43.2. The molecule has 0 aromatic carbocycles. The average molecular weight is 935 g/mol. The second kappa shape index (κ2) is 38.5. The molecule has 2 aliphatic rings. The minimum absolute atomic E-state index is 0. The first-order valence-corrected chi connectivity index (χ1v) is 26.3. The Balaban J connectivity index is 0.0000198. The maximum absolute atomic E-state index is 11.4. The van der Waals surface area contributed by atoms with Gasteiger partial charge in [-0.3, -0.25) is 9.09 Å². The monoisotopic (exact) mass is 935 g/mol. The van der Waals surface area contributed by atoms with Crippen LogP contribution in [0.3, 0.4) is 0 Å². The van der Waals surface area contributed by atoms with Crippen molar-refractivity contribution >= 4 is 7.82 Å². The molecule has 12 atom stereocenters. The van der Waals surface area contributed by atoms with Gasteiger partial charge in [0.15, 0.2) is 12.6 Å². The molecule has 370 valence electrons. The standard InChI is InChI=1S/C47H93O14P.Na/c1-37-21-19-23-39(3)27-31-57-41(35-59-47-45(51)44(50)46(60-47)42(49)33-48)34-55-29-17-15-13-11-9-7-5-6-8-10-12-14-16-18-30-56-36-43(61-62(52,53)54)58-32-28-40(4)24-20-22-38(2)26-25-37;/h37-51H,5-36H2,1-4H3,(H2,52,53,54);/q;+1/p-1/t37?,38?,39-,40-,41+,42-,43+,44-,45-,46+,47-;/m1./s1. The summed E-state index contributed by atoms with van der Waals surface area (Å²) >= 11 is 0. The molecule has 0 saturated carbocycles. The van der Waals surface area contributed by atoms with Crippen LogP contribution in [-0.2, 0) is 37.5 Å². The number of phosphoric acid groups is 1. The van der Waals surface area contributed by atoms with Crippen LogP contribution >= 0.6 is 7.82 Å². The third-order valence-electron chi connectivity index (χ3n) is 12.7. The van der Waals surface area contributed by atoms with Crippen molar-refractivity contribution in [3.8, 4) is 0 Å². The molecule has 0 amide bonds. The van der Waals surface area contributed by atoms with Crippen LogP contribution in [-0.4, -0.2) is 121 Å². The van der Waals surface area contributed by atoms with E-state index in [0.717, 1.165) is 64.2 Å². The average Bonchev–Trinajstić information content (AvgIpc) is 3.51. The molecule has 2 heterocycles. The van der Waals surface area contributed by atoms with E-state index in [-0.39, 0.29) is 48.9 Å².